The van der Waals surface area contributed by atoms with E-state index in [1.807, 2.05) is 48.0 Å². The van der Waals surface area contributed by atoms with Gasteiger partial charge in [-0.05, 0) is 36.8 Å². The fourth-order valence-electron chi connectivity index (χ4n) is 2.23. The van der Waals surface area contributed by atoms with Gasteiger partial charge in [0.05, 0.1) is 18.4 Å². The Labute approximate surface area is 128 Å². The highest BCUT2D eigenvalue weighted by molar-refractivity contribution is 5.90. The molecule has 3 aromatic rings. The summed E-state index contributed by atoms with van der Waals surface area (Å²) in [4.78, 5) is 16.5. The molecular formula is C17H16N2O3. The zero-order chi connectivity index (χ0) is 15.5. The van der Waals surface area contributed by atoms with E-state index in [0.29, 0.717) is 17.0 Å². The second-order valence-electron chi connectivity index (χ2n) is 4.96. The summed E-state index contributed by atoms with van der Waals surface area (Å²) in [6.07, 6.45) is 3.75. The Morgan fingerprint density at radius 3 is 2.91 bits per heavy atom. The smallest absolute Gasteiger partial charge is 0.338 e. The van der Waals surface area contributed by atoms with E-state index in [1.165, 1.54) is 0 Å². The maximum absolute atomic E-state index is 12.1. The first-order valence-corrected chi connectivity index (χ1v) is 6.92. The van der Waals surface area contributed by atoms with Crippen LogP contribution in [0.3, 0.4) is 0 Å². The van der Waals surface area contributed by atoms with Crippen molar-refractivity contribution in [1.82, 2.24) is 9.38 Å². The predicted octanol–water partition coefficient (Wildman–Crippen LogP) is 3.01. The second-order valence-corrected chi connectivity index (χ2v) is 4.96. The minimum absolute atomic E-state index is 0.136. The van der Waals surface area contributed by atoms with Crippen LogP contribution in [-0.2, 0) is 11.3 Å². The largest absolute Gasteiger partial charge is 0.496 e. The molecule has 2 aromatic heterocycles. The molecule has 0 unspecified atom stereocenters. The molecule has 0 bridgehead atoms. The maximum Gasteiger partial charge on any atom is 0.338 e. The van der Waals surface area contributed by atoms with Gasteiger partial charge in [0, 0.05) is 12.4 Å². The van der Waals surface area contributed by atoms with Gasteiger partial charge >= 0.3 is 5.97 Å². The maximum atomic E-state index is 12.1. The van der Waals surface area contributed by atoms with Crippen molar-refractivity contribution < 1.29 is 14.3 Å². The number of fused-ring (bicyclic) bond motifs is 1. The van der Waals surface area contributed by atoms with E-state index < -0.39 is 5.97 Å². The minimum atomic E-state index is -0.393. The van der Waals surface area contributed by atoms with Gasteiger partial charge in [-0.15, -0.1) is 0 Å². The number of benzene rings is 1. The van der Waals surface area contributed by atoms with Crippen LogP contribution in [0.5, 0.6) is 5.75 Å². The summed E-state index contributed by atoms with van der Waals surface area (Å²) in [5.41, 5.74) is 2.97. The van der Waals surface area contributed by atoms with E-state index in [4.69, 9.17) is 9.47 Å². The van der Waals surface area contributed by atoms with Crippen LogP contribution in [-0.4, -0.2) is 22.5 Å². The third-order valence-corrected chi connectivity index (χ3v) is 3.41. The summed E-state index contributed by atoms with van der Waals surface area (Å²) in [6, 6.07) is 11.0. The molecule has 0 aliphatic heterocycles. The van der Waals surface area contributed by atoms with Crippen LogP contribution < -0.4 is 4.74 Å². The molecule has 0 fully saturated rings. The molecule has 5 heteroatoms. The Morgan fingerprint density at radius 1 is 1.27 bits per heavy atom. The van der Waals surface area contributed by atoms with Crippen LogP contribution in [0.1, 0.15) is 21.6 Å². The number of methoxy groups -OCH3 is 1. The first-order chi connectivity index (χ1) is 10.7. The zero-order valence-electron chi connectivity index (χ0n) is 12.4. The van der Waals surface area contributed by atoms with Crippen LogP contribution in [0.15, 0.2) is 48.8 Å². The number of rotatable bonds is 4. The Kier molecular flexibility index (Phi) is 3.78. The van der Waals surface area contributed by atoms with Crippen LogP contribution in [0.2, 0.25) is 0 Å². The van der Waals surface area contributed by atoms with E-state index in [1.54, 1.807) is 19.2 Å². The van der Waals surface area contributed by atoms with Crippen LogP contribution >= 0.6 is 0 Å². The number of esters is 1. The molecule has 0 atom stereocenters. The number of nitrogens with zero attached hydrogens (tertiary/aromatic N) is 2. The summed E-state index contributed by atoms with van der Waals surface area (Å²) in [7, 11) is 1.58. The number of hydrogen-bond donors (Lipinski definition) is 0. The normalized spacial score (nSPS) is 10.6. The molecule has 1 aromatic carbocycles. The van der Waals surface area contributed by atoms with Crippen LogP contribution in [0.4, 0.5) is 0 Å². The molecule has 0 spiro atoms. The molecule has 0 saturated heterocycles. The van der Waals surface area contributed by atoms with Gasteiger partial charge in [0.15, 0.2) is 0 Å². The summed E-state index contributed by atoms with van der Waals surface area (Å²) in [5.74, 6) is 0.275. The van der Waals surface area contributed by atoms with Crippen molar-refractivity contribution in [3.05, 3.63) is 65.6 Å². The average molecular weight is 296 g/mol. The number of aromatic nitrogens is 2. The fourth-order valence-corrected chi connectivity index (χ4v) is 2.23. The van der Waals surface area contributed by atoms with Crippen molar-refractivity contribution in [2.75, 3.05) is 7.11 Å². The molecule has 3 rings (SSSR count). The first kappa shape index (κ1) is 14.1. The highest BCUT2D eigenvalue weighted by Crippen LogP contribution is 2.19. The van der Waals surface area contributed by atoms with Crippen molar-refractivity contribution >= 4 is 11.6 Å². The first-order valence-electron chi connectivity index (χ1n) is 6.92. The third kappa shape index (κ3) is 2.79. The van der Waals surface area contributed by atoms with E-state index in [0.717, 1.165) is 11.2 Å². The number of carbonyl (C=O) groups excluding carboxylic acids is 1. The molecule has 112 valence electrons. The minimum Gasteiger partial charge on any atom is -0.496 e. The second kappa shape index (κ2) is 5.89. The van der Waals surface area contributed by atoms with Gasteiger partial charge in [0.2, 0.25) is 0 Å². The highest BCUT2D eigenvalue weighted by Gasteiger charge is 2.11. The van der Waals surface area contributed by atoms with E-state index in [-0.39, 0.29) is 6.61 Å². The summed E-state index contributed by atoms with van der Waals surface area (Å²) in [5, 5.41) is 0. The van der Waals surface area contributed by atoms with Crippen molar-refractivity contribution in [3.8, 4) is 5.75 Å². The Hall–Kier alpha value is -2.82. The molecule has 0 aliphatic carbocycles. The number of pyridine rings is 1. The molecule has 5 nitrogen and oxygen atoms in total. The third-order valence-electron chi connectivity index (χ3n) is 3.41. The van der Waals surface area contributed by atoms with Gasteiger partial charge in [-0.2, -0.15) is 0 Å². The van der Waals surface area contributed by atoms with E-state index in [2.05, 4.69) is 4.98 Å². The number of imidazole rings is 1. The van der Waals surface area contributed by atoms with Crippen molar-refractivity contribution in [1.29, 1.82) is 0 Å². The molecule has 0 saturated carbocycles. The standard InChI is InChI=1S/C17H16N2O3/c1-12-6-7-13(9-15(12)21-2)17(20)22-11-14-10-19-8-4-3-5-16(19)18-14/h3-10H,11H2,1-2H3. The molecule has 2 heterocycles. The topological polar surface area (TPSA) is 52.8 Å². The average Bonchev–Trinajstić information content (AvgIpc) is 2.96. The van der Waals surface area contributed by atoms with Crippen molar-refractivity contribution in [2.24, 2.45) is 0 Å². The van der Waals surface area contributed by atoms with Gasteiger partial charge in [-0.3, -0.25) is 0 Å². The lowest BCUT2D eigenvalue weighted by atomic mass is 10.1. The number of ether oxygens (including phenoxy) is 2. The molecule has 0 amide bonds. The Morgan fingerprint density at radius 2 is 2.14 bits per heavy atom. The summed E-state index contributed by atoms with van der Waals surface area (Å²) < 4.78 is 12.4. The van der Waals surface area contributed by atoms with Crippen LogP contribution in [0, 0.1) is 6.92 Å². The van der Waals surface area contributed by atoms with Gasteiger partial charge in [-0.1, -0.05) is 12.1 Å². The number of aryl methyl sites for hydroxylation is 1. The summed E-state index contributed by atoms with van der Waals surface area (Å²) in [6.45, 7) is 2.06. The Balaban J connectivity index is 1.71. The number of hydrogen-bond acceptors (Lipinski definition) is 4. The van der Waals surface area contributed by atoms with Gasteiger partial charge in [0.1, 0.15) is 18.0 Å². The monoisotopic (exact) mass is 296 g/mol. The molecule has 0 N–H and O–H groups in total. The fraction of sp³-hybridized carbons (Fsp3) is 0.176. The Bertz CT molecular complexity index is 791. The predicted molar refractivity (Wildman–Crippen MR) is 82.0 cm³/mol. The van der Waals surface area contributed by atoms with E-state index in [9.17, 15) is 4.79 Å². The van der Waals surface area contributed by atoms with Crippen molar-refractivity contribution in [3.63, 3.8) is 0 Å². The molecule has 0 aliphatic rings. The lowest BCUT2D eigenvalue weighted by molar-refractivity contribution is 0.0468. The van der Waals surface area contributed by atoms with Gasteiger partial charge < -0.3 is 13.9 Å². The lowest BCUT2D eigenvalue weighted by Crippen LogP contribution is -2.06. The molecular weight excluding hydrogens is 280 g/mol. The molecule has 22 heavy (non-hydrogen) atoms. The SMILES string of the molecule is COc1cc(C(=O)OCc2cn3ccccc3n2)ccc1C. The quantitative estimate of drug-likeness (QED) is 0.694. The van der Waals surface area contributed by atoms with Gasteiger partial charge in [0.25, 0.3) is 0 Å². The zero-order valence-corrected chi connectivity index (χ0v) is 12.4. The van der Waals surface area contributed by atoms with Crippen LogP contribution in [0.25, 0.3) is 5.65 Å². The van der Waals surface area contributed by atoms with Crippen molar-refractivity contribution in [2.45, 2.75) is 13.5 Å². The number of carbonyl (C=O) groups is 1. The van der Waals surface area contributed by atoms with E-state index >= 15 is 0 Å². The summed E-state index contributed by atoms with van der Waals surface area (Å²) >= 11 is 0. The lowest BCUT2D eigenvalue weighted by Gasteiger charge is -2.07. The van der Waals surface area contributed by atoms with Gasteiger partial charge in [-0.25, -0.2) is 9.78 Å². The highest BCUT2D eigenvalue weighted by atomic mass is 16.5. The molecule has 0 radical (unpaired) electrons.